The fourth-order valence-electron chi connectivity index (χ4n) is 1.58. The van der Waals surface area contributed by atoms with Gasteiger partial charge in [0, 0.05) is 5.54 Å². The molecule has 0 aliphatic carbocycles. The highest BCUT2D eigenvalue weighted by molar-refractivity contribution is 5.23. The van der Waals surface area contributed by atoms with E-state index in [1.165, 1.54) is 0 Å². The van der Waals surface area contributed by atoms with Crippen molar-refractivity contribution in [1.82, 2.24) is 9.55 Å². The molecule has 0 saturated carbocycles. The molecule has 1 aromatic heterocycles. The molecule has 72 valence electrons. The molecule has 2 heterocycles. The van der Waals surface area contributed by atoms with Gasteiger partial charge in [-0.15, -0.1) is 0 Å². The Hall–Kier alpha value is -0.990. The second-order valence-electron chi connectivity index (χ2n) is 4.49. The van der Waals surface area contributed by atoms with E-state index >= 15 is 0 Å². The quantitative estimate of drug-likeness (QED) is 0.610. The lowest BCUT2D eigenvalue weighted by atomic mass is 10.1. The van der Waals surface area contributed by atoms with E-state index in [1.54, 1.807) is 0 Å². The van der Waals surface area contributed by atoms with Crippen LogP contribution >= 0.6 is 0 Å². The minimum Gasteiger partial charge on any atom is -0.477 e. The Kier molecular flexibility index (Phi) is 1.82. The molecule has 13 heavy (non-hydrogen) atoms. The van der Waals surface area contributed by atoms with Gasteiger partial charge in [-0.2, -0.15) is 0 Å². The molecule has 0 radical (unpaired) electrons. The topological polar surface area (TPSA) is 27.1 Å². The van der Waals surface area contributed by atoms with E-state index < -0.39 is 0 Å². The molecule has 0 spiro atoms. The second kappa shape index (κ2) is 2.76. The van der Waals surface area contributed by atoms with E-state index in [2.05, 4.69) is 30.3 Å². The molecule has 0 bridgehead atoms. The van der Waals surface area contributed by atoms with E-state index in [0.717, 1.165) is 31.0 Å². The molecule has 3 heteroatoms. The standard InChI is InChI=1S/C10H16N2O/c1-10(2,3)12-7-11-8-5-4-6-13-9(8)12/h7H,4-6H2,1-3H3. The lowest BCUT2D eigenvalue weighted by Gasteiger charge is -2.25. The molecule has 0 fully saturated rings. The van der Waals surface area contributed by atoms with Gasteiger partial charge in [0.2, 0.25) is 5.88 Å². The lowest BCUT2D eigenvalue weighted by Crippen LogP contribution is -2.23. The third-order valence-electron chi connectivity index (χ3n) is 2.31. The summed E-state index contributed by atoms with van der Waals surface area (Å²) < 4.78 is 7.73. The molecular formula is C10H16N2O. The predicted molar refractivity (Wildman–Crippen MR) is 51.0 cm³/mol. The summed E-state index contributed by atoms with van der Waals surface area (Å²) in [5.41, 5.74) is 1.18. The first-order valence-corrected chi connectivity index (χ1v) is 4.78. The van der Waals surface area contributed by atoms with Gasteiger partial charge in [0.1, 0.15) is 5.69 Å². The van der Waals surface area contributed by atoms with E-state index in [9.17, 15) is 0 Å². The summed E-state index contributed by atoms with van der Waals surface area (Å²) in [7, 11) is 0. The maximum Gasteiger partial charge on any atom is 0.217 e. The van der Waals surface area contributed by atoms with E-state index in [1.807, 2.05) is 6.33 Å². The van der Waals surface area contributed by atoms with Crippen LogP contribution in [0.5, 0.6) is 5.88 Å². The normalized spacial score (nSPS) is 16.5. The van der Waals surface area contributed by atoms with Crippen LogP contribution in [0.4, 0.5) is 0 Å². The average Bonchev–Trinajstić information content (AvgIpc) is 2.45. The predicted octanol–water partition coefficient (Wildman–Crippen LogP) is 1.96. The first kappa shape index (κ1) is 8.60. The van der Waals surface area contributed by atoms with Crippen molar-refractivity contribution in [3.8, 4) is 5.88 Å². The molecule has 0 amide bonds. The van der Waals surface area contributed by atoms with Gasteiger partial charge in [0.15, 0.2) is 0 Å². The minimum absolute atomic E-state index is 0.0674. The number of aryl methyl sites for hydroxylation is 1. The number of hydrogen-bond donors (Lipinski definition) is 0. The Morgan fingerprint density at radius 1 is 1.46 bits per heavy atom. The van der Waals surface area contributed by atoms with Crippen molar-refractivity contribution in [3.05, 3.63) is 12.0 Å². The smallest absolute Gasteiger partial charge is 0.217 e. The highest BCUT2D eigenvalue weighted by Gasteiger charge is 2.23. The van der Waals surface area contributed by atoms with E-state index in [-0.39, 0.29) is 5.54 Å². The molecule has 0 unspecified atom stereocenters. The zero-order valence-electron chi connectivity index (χ0n) is 8.50. The second-order valence-corrected chi connectivity index (χ2v) is 4.49. The van der Waals surface area contributed by atoms with Crippen LogP contribution < -0.4 is 4.74 Å². The molecule has 3 nitrogen and oxygen atoms in total. The largest absolute Gasteiger partial charge is 0.477 e. The molecule has 0 N–H and O–H groups in total. The van der Waals surface area contributed by atoms with Crippen LogP contribution in [0.25, 0.3) is 0 Å². The highest BCUT2D eigenvalue weighted by Crippen LogP contribution is 2.29. The maximum absolute atomic E-state index is 5.62. The van der Waals surface area contributed by atoms with Crippen molar-refractivity contribution < 1.29 is 4.74 Å². The van der Waals surface area contributed by atoms with Crippen LogP contribution in [-0.2, 0) is 12.0 Å². The molecule has 1 aliphatic heterocycles. The Balaban J connectivity index is 2.43. The van der Waals surface area contributed by atoms with Crippen LogP contribution in [0, 0.1) is 0 Å². The molecule has 0 atom stereocenters. The SMILES string of the molecule is CC(C)(C)n1cnc2c1OCCC2. The number of aromatic nitrogens is 2. The van der Waals surface area contributed by atoms with Gasteiger partial charge in [0.25, 0.3) is 0 Å². The summed E-state index contributed by atoms with van der Waals surface area (Å²) in [5, 5.41) is 0. The molecular weight excluding hydrogens is 164 g/mol. The van der Waals surface area contributed by atoms with Crippen molar-refractivity contribution in [1.29, 1.82) is 0 Å². The number of fused-ring (bicyclic) bond motifs is 1. The van der Waals surface area contributed by atoms with Gasteiger partial charge in [-0.05, 0) is 33.6 Å². The zero-order valence-corrected chi connectivity index (χ0v) is 8.50. The Morgan fingerprint density at radius 3 is 2.92 bits per heavy atom. The number of nitrogens with zero attached hydrogens (tertiary/aromatic N) is 2. The number of hydrogen-bond acceptors (Lipinski definition) is 2. The van der Waals surface area contributed by atoms with Gasteiger partial charge in [-0.3, -0.25) is 4.57 Å². The average molecular weight is 180 g/mol. The van der Waals surface area contributed by atoms with Crippen LogP contribution in [0.3, 0.4) is 0 Å². The Labute approximate surface area is 78.7 Å². The highest BCUT2D eigenvalue weighted by atomic mass is 16.5. The van der Waals surface area contributed by atoms with Gasteiger partial charge in [0.05, 0.1) is 12.9 Å². The molecule has 0 aromatic carbocycles. The lowest BCUT2D eigenvalue weighted by molar-refractivity contribution is 0.237. The monoisotopic (exact) mass is 180 g/mol. The van der Waals surface area contributed by atoms with Crippen molar-refractivity contribution in [2.45, 2.75) is 39.2 Å². The fraction of sp³-hybridized carbons (Fsp3) is 0.700. The Morgan fingerprint density at radius 2 is 2.23 bits per heavy atom. The third kappa shape index (κ3) is 1.43. The van der Waals surface area contributed by atoms with Gasteiger partial charge in [-0.25, -0.2) is 4.98 Å². The third-order valence-corrected chi connectivity index (χ3v) is 2.31. The zero-order chi connectivity index (χ0) is 9.47. The first-order valence-electron chi connectivity index (χ1n) is 4.78. The van der Waals surface area contributed by atoms with Crippen molar-refractivity contribution >= 4 is 0 Å². The number of rotatable bonds is 0. The van der Waals surface area contributed by atoms with Gasteiger partial charge >= 0.3 is 0 Å². The number of imidazole rings is 1. The number of ether oxygens (including phenoxy) is 1. The van der Waals surface area contributed by atoms with Crippen LogP contribution in [-0.4, -0.2) is 16.2 Å². The van der Waals surface area contributed by atoms with Gasteiger partial charge < -0.3 is 4.74 Å². The summed E-state index contributed by atoms with van der Waals surface area (Å²) >= 11 is 0. The first-order chi connectivity index (χ1) is 6.09. The van der Waals surface area contributed by atoms with Gasteiger partial charge in [-0.1, -0.05) is 0 Å². The summed E-state index contributed by atoms with van der Waals surface area (Å²) in [4.78, 5) is 4.36. The summed E-state index contributed by atoms with van der Waals surface area (Å²) in [6.45, 7) is 7.31. The van der Waals surface area contributed by atoms with Crippen molar-refractivity contribution in [3.63, 3.8) is 0 Å². The van der Waals surface area contributed by atoms with Crippen LogP contribution in [0.1, 0.15) is 32.9 Å². The molecule has 0 saturated heterocycles. The molecule has 2 rings (SSSR count). The van der Waals surface area contributed by atoms with E-state index in [4.69, 9.17) is 4.74 Å². The molecule has 1 aromatic rings. The van der Waals surface area contributed by atoms with Crippen molar-refractivity contribution in [2.24, 2.45) is 0 Å². The minimum atomic E-state index is 0.0674. The Bertz CT molecular complexity index is 309. The van der Waals surface area contributed by atoms with Crippen molar-refractivity contribution in [2.75, 3.05) is 6.61 Å². The summed E-state index contributed by atoms with van der Waals surface area (Å²) in [5.74, 6) is 0.971. The molecule has 1 aliphatic rings. The van der Waals surface area contributed by atoms with Crippen LogP contribution in [0.2, 0.25) is 0 Å². The summed E-state index contributed by atoms with van der Waals surface area (Å²) in [6, 6.07) is 0. The fourth-order valence-corrected chi connectivity index (χ4v) is 1.58. The maximum atomic E-state index is 5.62. The summed E-state index contributed by atoms with van der Waals surface area (Å²) in [6.07, 6.45) is 4.03. The van der Waals surface area contributed by atoms with Crippen LogP contribution in [0.15, 0.2) is 6.33 Å². The van der Waals surface area contributed by atoms with E-state index in [0.29, 0.717) is 0 Å².